The molecule has 0 aliphatic heterocycles. The maximum absolute atomic E-state index is 11.0. The predicted octanol–water partition coefficient (Wildman–Crippen LogP) is 4.54. The zero-order valence-electron chi connectivity index (χ0n) is 12.1. The number of benzene rings is 1. The zero-order chi connectivity index (χ0) is 15.4. The summed E-state index contributed by atoms with van der Waals surface area (Å²) in [7, 11) is 0. The van der Waals surface area contributed by atoms with Crippen molar-refractivity contribution in [2.45, 2.75) is 20.8 Å². The molecule has 0 fully saturated rings. The van der Waals surface area contributed by atoms with E-state index in [9.17, 15) is 4.79 Å². The molecule has 1 heterocycles. The molecular formula is C17H15NO2S. The van der Waals surface area contributed by atoms with Crippen molar-refractivity contribution in [2.24, 2.45) is 0 Å². The lowest BCUT2D eigenvalue weighted by Gasteiger charge is -2.07. The van der Waals surface area contributed by atoms with Crippen LogP contribution in [0, 0.1) is 18.3 Å². The van der Waals surface area contributed by atoms with Crippen LogP contribution in [0.5, 0.6) is 0 Å². The zero-order valence-corrected chi connectivity index (χ0v) is 13.0. The fourth-order valence-electron chi connectivity index (χ4n) is 2.00. The van der Waals surface area contributed by atoms with Crippen LogP contribution in [0.1, 0.15) is 25.0 Å². The normalized spacial score (nSPS) is 11.5. The van der Waals surface area contributed by atoms with E-state index in [2.05, 4.69) is 18.4 Å². The Morgan fingerprint density at radius 2 is 1.86 bits per heavy atom. The average Bonchev–Trinajstić information content (AvgIpc) is 2.90. The molecular weight excluding hydrogens is 282 g/mol. The van der Waals surface area contributed by atoms with E-state index in [0.29, 0.717) is 5.57 Å². The highest BCUT2D eigenvalue weighted by molar-refractivity contribution is 7.13. The number of nitriles is 1. The van der Waals surface area contributed by atoms with Gasteiger partial charge in [-0.1, -0.05) is 24.3 Å². The van der Waals surface area contributed by atoms with Gasteiger partial charge in [0, 0.05) is 17.4 Å². The number of aryl methyl sites for hydroxylation is 1. The standard InChI is InChI=1S/C17H15NO2S/c1-11-8-9-21-17(11)15-6-4-14(5-7-15)12(2)16(10-18)20-13(3)19/h4-9H,1-3H3. The van der Waals surface area contributed by atoms with E-state index >= 15 is 0 Å². The van der Waals surface area contributed by atoms with Gasteiger partial charge in [-0.2, -0.15) is 5.26 Å². The molecule has 1 aromatic heterocycles. The monoisotopic (exact) mass is 297 g/mol. The van der Waals surface area contributed by atoms with Gasteiger partial charge in [0.2, 0.25) is 5.76 Å². The molecule has 0 spiro atoms. The van der Waals surface area contributed by atoms with Gasteiger partial charge in [-0.15, -0.1) is 11.3 Å². The summed E-state index contributed by atoms with van der Waals surface area (Å²) in [5, 5.41) is 11.1. The fraction of sp³-hybridized carbons (Fsp3) is 0.176. The third kappa shape index (κ3) is 3.39. The molecule has 0 amide bonds. The minimum Gasteiger partial charge on any atom is -0.415 e. The molecule has 2 rings (SSSR count). The molecule has 106 valence electrons. The Morgan fingerprint density at radius 1 is 1.19 bits per heavy atom. The van der Waals surface area contributed by atoms with Gasteiger partial charge in [0.1, 0.15) is 6.07 Å². The van der Waals surface area contributed by atoms with E-state index in [0.717, 1.165) is 11.1 Å². The first-order valence-electron chi connectivity index (χ1n) is 6.47. The van der Waals surface area contributed by atoms with Crippen molar-refractivity contribution < 1.29 is 9.53 Å². The molecule has 0 aliphatic rings. The van der Waals surface area contributed by atoms with Crippen molar-refractivity contribution in [1.29, 1.82) is 5.26 Å². The van der Waals surface area contributed by atoms with Gasteiger partial charge in [0.05, 0.1) is 0 Å². The van der Waals surface area contributed by atoms with E-state index in [1.54, 1.807) is 18.3 Å². The topological polar surface area (TPSA) is 50.1 Å². The highest BCUT2D eigenvalue weighted by Crippen LogP contribution is 2.30. The van der Waals surface area contributed by atoms with Crippen molar-refractivity contribution in [3.05, 3.63) is 52.6 Å². The molecule has 0 bridgehead atoms. The largest absolute Gasteiger partial charge is 0.415 e. The van der Waals surface area contributed by atoms with Crippen LogP contribution in [0.15, 0.2) is 41.5 Å². The van der Waals surface area contributed by atoms with Gasteiger partial charge >= 0.3 is 5.97 Å². The number of hydrogen-bond donors (Lipinski definition) is 0. The van der Waals surface area contributed by atoms with Crippen LogP contribution in [-0.4, -0.2) is 5.97 Å². The summed E-state index contributed by atoms with van der Waals surface area (Å²) in [5.41, 5.74) is 3.91. The maximum atomic E-state index is 11.0. The van der Waals surface area contributed by atoms with E-state index < -0.39 is 5.97 Å². The molecule has 1 aromatic carbocycles. The summed E-state index contributed by atoms with van der Waals surface area (Å²) in [6.07, 6.45) is 0. The Bertz CT molecular complexity index is 733. The number of carbonyl (C=O) groups excluding carboxylic acids is 1. The Balaban J connectivity index is 2.35. The molecule has 2 aromatic rings. The van der Waals surface area contributed by atoms with E-state index in [1.165, 1.54) is 17.4 Å². The van der Waals surface area contributed by atoms with Crippen molar-refractivity contribution in [3.8, 4) is 16.5 Å². The van der Waals surface area contributed by atoms with Crippen LogP contribution in [-0.2, 0) is 9.53 Å². The molecule has 4 heteroatoms. The Labute approximate surface area is 128 Å². The van der Waals surface area contributed by atoms with Crippen LogP contribution in [0.3, 0.4) is 0 Å². The van der Waals surface area contributed by atoms with Crippen molar-refractivity contribution in [1.82, 2.24) is 0 Å². The summed E-state index contributed by atoms with van der Waals surface area (Å²) >= 11 is 1.70. The maximum Gasteiger partial charge on any atom is 0.308 e. The summed E-state index contributed by atoms with van der Waals surface area (Å²) in [4.78, 5) is 12.2. The lowest BCUT2D eigenvalue weighted by Crippen LogP contribution is -1.99. The third-order valence-corrected chi connectivity index (χ3v) is 4.20. The number of thiophene rings is 1. The molecule has 0 aliphatic carbocycles. The highest BCUT2D eigenvalue weighted by atomic mass is 32.1. The predicted molar refractivity (Wildman–Crippen MR) is 84.5 cm³/mol. The molecule has 0 unspecified atom stereocenters. The molecule has 0 N–H and O–H groups in total. The molecule has 3 nitrogen and oxygen atoms in total. The van der Waals surface area contributed by atoms with Gasteiger partial charge in [-0.3, -0.25) is 4.79 Å². The van der Waals surface area contributed by atoms with Crippen molar-refractivity contribution >= 4 is 22.9 Å². The summed E-state index contributed by atoms with van der Waals surface area (Å²) in [6, 6.07) is 11.9. The van der Waals surface area contributed by atoms with Crippen LogP contribution in [0.2, 0.25) is 0 Å². The van der Waals surface area contributed by atoms with Crippen molar-refractivity contribution in [3.63, 3.8) is 0 Å². The SMILES string of the molecule is CC(=O)OC(C#N)=C(C)c1ccc(-c2sccc2C)cc1. The van der Waals surface area contributed by atoms with Crippen molar-refractivity contribution in [2.75, 3.05) is 0 Å². The molecule has 0 saturated heterocycles. The number of nitrogens with zero attached hydrogens (tertiary/aromatic N) is 1. The Morgan fingerprint density at radius 3 is 2.33 bits per heavy atom. The second kappa shape index (κ2) is 6.38. The third-order valence-electron chi connectivity index (χ3n) is 3.13. The van der Waals surface area contributed by atoms with Crippen LogP contribution in [0.25, 0.3) is 16.0 Å². The summed E-state index contributed by atoms with van der Waals surface area (Å²) < 4.78 is 4.92. The van der Waals surface area contributed by atoms with Crippen LogP contribution >= 0.6 is 11.3 Å². The molecule has 0 saturated carbocycles. The van der Waals surface area contributed by atoms with Crippen LogP contribution < -0.4 is 0 Å². The number of allylic oxidation sites excluding steroid dienone is 2. The number of ether oxygens (including phenoxy) is 1. The minimum atomic E-state index is -0.489. The van der Waals surface area contributed by atoms with Gasteiger partial charge in [0.25, 0.3) is 0 Å². The van der Waals surface area contributed by atoms with Gasteiger partial charge < -0.3 is 4.74 Å². The fourth-order valence-corrected chi connectivity index (χ4v) is 2.93. The second-order valence-corrected chi connectivity index (χ2v) is 5.59. The lowest BCUT2D eigenvalue weighted by atomic mass is 10.0. The number of hydrogen-bond acceptors (Lipinski definition) is 4. The van der Waals surface area contributed by atoms with E-state index in [1.807, 2.05) is 30.3 Å². The summed E-state index contributed by atoms with van der Waals surface area (Å²) in [6.45, 7) is 5.14. The first kappa shape index (κ1) is 15.0. The van der Waals surface area contributed by atoms with Crippen LogP contribution in [0.4, 0.5) is 0 Å². The molecule has 0 atom stereocenters. The quantitative estimate of drug-likeness (QED) is 0.474. The first-order chi connectivity index (χ1) is 10.0. The first-order valence-corrected chi connectivity index (χ1v) is 7.35. The Hall–Kier alpha value is -2.38. The second-order valence-electron chi connectivity index (χ2n) is 4.67. The number of esters is 1. The van der Waals surface area contributed by atoms with Gasteiger partial charge in [-0.05, 0) is 42.0 Å². The number of rotatable bonds is 3. The van der Waals surface area contributed by atoms with E-state index in [-0.39, 0.29) is 5.76 Å². The van der Waals surface area contributed by atoms with Gasteiger partial charge in [0.15, 0.2) is 0 Å². The number of carbonyl (C=O) groups is 1. The highest BCUT2D eigenvalue weighted by Gasteiger charge is 2.09. The average molecular weight is 297 g/mol. The molecule has 21 heavy (non-hydrogen) atoms. The minimum absolute atomic E-state index is 0.0440. The lowest BCUT2D eigenvalue weighted by molar-refractivity contribution is -0.136. The summed E-state index contributed by atoms with van der Waals surface area (Å²) in [5.74, 6) is -0.445. The van der Waals surface area contributed by atoms with Gasteiger partial charge in [-0.25, -0.2) is 0 Å². The molecule has 0 radical (unpaired) electrons. The Kier molecular flexibility index (Phi) is 4.56. The van der Waals surface area contributed by atoms with E-state index in [4.69, 9.17) is 10.00 Å². The smallest absolute Gasteiger partial charge is 0.308 e.